The minimum Gasteiger partial charge on any atom is -0.353 e. The van der Waals surface area contributed by atoms with Crippen molar-refractivity contribution in [1.29, 1.82) is 0 Å². The van der Waals surface area contributed by atoms with Gasteiger partial charge in [0.05, 0.1) is 5.41 Å². The molecule has 0 aliphatic heterocycles. The summed E-state index contributed by atoms with van der Waals surface area (Å²) in [6, 6.07) is 8.69. The maximum Gasteiger partial charge on any atom is 0.230 e. The minimum atomic E-state index is -0.499. The summed E-state index contributed by atoms with van der Waals surface area (Å²) in [5.41, 5.74) is 7.89. The third-order valence-corrected chi connectivity index (χ3v) is 5.48. The number of amides is 1. The lowest BCUT2D eigenvalue weighted by molar-refractivity contribution is -0.126. The van der Waals surface area contributed by atoms with Crippen molar-refractivity contribution in [2.45, 2.75) is 75.8 Å². The zero-order valence-electron chi connectivity index (χ0n) is 13.8. The fraction of sp³-hybridized carbons (Fsp3) is 0.632. The van der Waals surface area contributed by atoms with Crippen LogP contribution in [-0.4, -0.2) is 11.9 Å². The van der Waals surface area contributed by atoms with Crippen LogP contribution < -0.4 is 11.1 Å². The third kappa shape index (κ3) is 3.05. The molecule has 3 heteroatoms. The standard InChI is InChI=1S/C19H28N2O/c1-18(2,17(22)21-16-6-4-3-5-7-16)14-8-10-15(11-9-14)19(20)12-13-19/h8-11,16H,3-7,12-13,20H2,1-2H3,(H,21,22). The van der Waals surface area contributed by atoms with Crippen LogP contribution in [0.4, 0.5) is 0 Å². The average Bonchev–Trinajstić information content (AvgIpc) is 3.27. The molecule has 0 saturated heterocycles. The number of carbonyl (C=O) groups excluding carboxylic acids is 1. The highest BCUT2D eigenvalue weighted by Gasteiger charge is 2.40. The second kappa shape index (κ2) is 5.69. The first-order chi connectivity index (χ1) is 10.4. The largest absolute Gasteiger partial charge is 0.353 e. The second-order valence-corrected chi connectivity index (χ2v) is 7.67. The van der Waals surface area contributed by atoms with E-state index in [1.54, 1.807) is 0 Å². The van der Waals surface area contributed by atoms with E-state index in [9.17, 15) is 4.79 Å². The highest BCUT2D eigenvalue weighted by atomic mass is 16.2. The van der Waals surface area contributed by atoms with E-state index >= 15 is 0 Å². The van der Waals surface area contributed by atoms with Crippen LogP contribution in [-0.2, 0) is 15.7 Å². The van der Waals surface area contributed by atoms with Gasteiger partial charge in [-0.2, -0.15) is 0 Å². The van der Waals surface area contributed by atoms with Crippen LogP contribution >= 0.6 is 0 Å². The molecule has 0 atom stereocenters. The molecule has 2 aliphatic carbocycles. The van der Waals surface area contributed by atoms with Gasteiger partial charge in [-0.25, -0.2) is 0 Å². The van der Waals surface area contributed by atoms with Crippen LogP contribution in [0.25, 0.3) is 0 Å². The zero-order valence-corrected chi connectivity index (χ0v) is 13.8. The molecular formula is C19H28N2O. The summed E-state index contributed by atoms with van der Waals surface area (Å²) in [6.07, 6.45) is 8.15. The predicted octanol–water partition coefficient (Wildman–Crippen LogP) is 3.36. The van der Waals surface area contributed by atoms with Crippen molar-refractivity contribution >= 4 is 5.91 Å². The van der Waals surface area contributed by atoms with E-state index in [-0.39, 0.29) is 11.4 Å². The van der Waals surface area contributed by atoms with Crippen molar-refractivity contribution in [2.75, 3.05) is 0 Å². The first-order valence-corrected chi connectivity index (χ1v) is 8.63. The van der Waals surface area contributed by atoms with Crippen molar-refractivity contribution in [3.05, 3.63) is 35.4 Å². The van der Waals surface area contributed by atoms with Crippen LogP contribution in [0, 0.1) is 0 Å². The summed E-state index contributed by atoms with van der Waals surface area (Å²) in [4.78, 5) is 12.7. The lowest BCUT2D eigenvalue weighted by Gasteiger charge is -2.30. The molecule has 0 heterocycles. The van der Waals surface area contributed by atoms with Gasteiger partial charge in [0.15, 0.2) is 0 Å². The van der Waals surface area contributed by atoms with Crippen LogP contribution in [0.5, 0.6) is 0 Å². The fourth-order valence-electron chi connectivity index (χ4n) is 3.39. The van der Waals surface area contributed by atoms with Gasteiger partial charge in [-0.3, -0.25) is 4.79 Å². The third-order valence-electron chi connectivity index (χ3n) is 5.48. The van der Waals surface area contributed by atoms with Gasteiger partial charge in [-0.1, -0.05) is 43.5 Å². The summed E-state index contributed by atoms with van der Waals surface area (Å²) in [7, 11) is 0. The van der Waals surface area contributed by atoms with E-state index in [1.807, 2.05) is 13.8 Å². The number of rotatable bonds is 4. The molecule has 1 aromatic rings. The van der Waals surface area contributed by atoms with Gasteiger partial charge in [0, 0.05) is 11.6 Å². The lowest BCUT2D eigenvalue weighted by Crippen LogP contribution is -2.45. The number of nitrogens with two attached hydrogens (primary N) is 1. The minimum absolute atomic E-state index is 0.104. The Morgan fingerprint density at radius 2 is 1.73 bits per heavy atom. The van der Waals surface area contributed by atoms with E-state index in [1.165, 1.54) is 24.8 Å². The Morgan fingerprint density at radius 3 is 2.27 bits per heavy atom. The van der Waals surface area contributed by atoms with Gasteiger partial charge in [-0.15, -0.1) is 0 Å². The van der Waals surface area contributed by atoms with E-state index in [4.69, 9.17) is 5.73 Å². The van der Waals surface area contributed by atoms with E-state index < -0.39 is 5.41 Å². The van der Waals surface area contributed by atoms with Gasteiger partial charge in [0.1, 0.15) is 0 Å². The second-order valence-electron chi connectivity index (χ2n) is 7.67. The summed E-state index contributed by atoms with van der Waals surface area (Å²) in [6.45, 7) is 4.02. The molecule has 2 saturated carbocycles. The monoisotopic (exact) mass is 300 g/mol. The summed E-state index contributed by atoms with van der Waals surface area (Å²) in [5, 5.41) is 3.25. The molecule has 1 amide bonds. The number of carbonyl (C=O) groups is 1. The van der Waals surface area contributed by atoms with Crippen LogP contribution in [0.2, 0.25) is 0 Å². The van der Waals surface area contributed by atoms with Gasteiger partial charge in [0.25, 0.3) is 0 Å². The smallest absolute Gasteiger partial charge is 0.230 e. The average molecular weight is 300 g/mol. The van der Waals surface area contributed by atoms with Crippen LogP contribution in [0.15, 0.2) is 24.3 Å². The van der Waals surface area contributed by atoms with E-state index in [0.717, 1.165) is 31.2 Å². The maximum absolute atomic E-state index is 12.7. The maximum atomic E-state index is 12.7. The normalized spacial score (nSPS) is 21.4. The Hall–Kier alpha value is -1.35. The SMILES string of the molecule is CC(C)(C(=O)NC1CCCCC1)c1ccc(C2(N)CC2)cc1. The lowest BCUT2D eigenvalue weighted by atomic mass is 9.82. The first kappa shape index (κ1) is 15.5. The number of nitrogens with one attached hydrogen (secondary N) is 1. The number of hydrogen-bond donors (Lipinski definition) is 2. The Balaban J connectivity index is 1.69. The molecule has 22 heavy (non-hydrogen) atoms. The molecule has 120 valence electrons. The molecule has 2 fully saturated rings. The van der Waals surface area contributed by atoms with Crippen LogP contribution in [0.1, 0.15) is 69.9 Å². The highest BCUT2D eigenvalue weighted by Crippen LogP contribution is 2.43. The van der Waals surface area contributed by atoms with Gasteiger partial charge in [-0.05, 0) is 50.7 Å². The molecule has 3 rings (SSSR count). The number of benzene rings is 1. The van der Waals surface area contributed by atoms with Crippen molar-refractivity contribution in [3.8, 4) is 0 Å². The molecule has 3 nitrogen and oxygen atoms in total. The topological polar surface area (TPSA) is 55.1 Å². The molecule has 0 aromatic heterocycles. The van der Waals surface area contributed by atoms with E-state index in [0.29, 0.717) is 6.04 Å². The summed E-state index contributed by atoms with van der Waals surface area (Å²) < 4.78 is 0. The first-order valence-electron chi connectivity index (χ1n) is 8.63. The molecule has 0 radical (unpaired) electrons. The van der Waals surface area contributed by atoms with Gasteiger partial charge >= 0.3 is 0 Å². The Bertz CT molecular complexity index is 537. The number of hydrogen-bond acceptors (Lipinski definition) is 2. The molecule has 2 aliphatic rings. The van der Waals surface area contributed by atoms with Crippen molar-refractivity contribution in [3.63, 3.8) is 0 Å². The summed E-state index contributed by atoms with van der Waals surface area (Å²) in [5.74, 6) is 0.140. The molecule has 3 N–H and O–H groups in total. The Morgan fingerprint density at radius 1 is 1.14 bits per heavy atom. The molecular weight excluding hydrogens is 272 g/mol. The van der Waals surface area contributed by atoms with Gasteiger partial charge in [0.2, 0.25) is 5.91 Å². The quantitative estimate of drug-likeness (QED) is 0.896. The Kier molecular flexibility index (Phi) is 4.02. The van der Waals surface area contributed by atoms with Crippen molar-refractivity contribution < 1.29 is 4.79 Å². The molecule has 1 aromatic carbocycles. The molecule has 0 spiro atoms. The van der Waals surface area contributed by atoms with Crippen molar-refractivity contribution in [2.24, 2.45) is 5.73 Å². The molecule has 0 unspecified atom stereocenters. The molecule has 0 bridgehead atoms. The van der Waals surface area contributed by atoms with Crippen LogP contribution in [0.3, 0.4) is 0 Å². The highest BCUT2D eigenvalue weighted by molar-refractivity contribution is 5.87. The fourth-order valence-corrected chi connectivity index (χ4v) is 3.39. The zero-order chi connectivity index (χ0) is 15.8. The van der Waals surface area contributed by atoms with Gasteiger partial charge < -0.3 is 11.1 Å². The predicted molar refractivity (Wildman–Crippen MR) is 89.6 cm³/mol. The van der Waals surface area contributed by atoms with Crippen molar-refractivity contribution in [1.82, 2.24) is 5.32 Å². The summed E-state index contributed by atoms with van der Waals surface area (Å²) >= 11 is 0. The Labute approximate surface area is 133 Å². The van der Waals surface area contributed by atoms with E-state index in [2.05, 4.69) is 29.6 Å².